The number of rotatable bonds is 8. The van der Waals surface area contributed by atoms with Gasteiger partial charge in [-0.25, -0.2) is 22.9 Å². The van der Waals surface area contributed by atoms with Crippen LogP contribution in [0.2, 0.25) is 0 Å². The molecule has 0 amide bonds. The summed E-state index contributed by atoms with van der Waals surface area (Å²) in [5, 5.41) is 11.4. The van der Waals surface area contributed by atoms with Crippen molar-refractivity contribution in [1.82, 2.24) is 10.6 Å². The van der Waals surface area contributed by atoms with Gasteiger partial charge in [0, 0.05) is 11.4 Å². The number of halogens is 1. The van der Waals surface area contributed by atoms with E-state index in [1.54, 1.807) is 18.2 Å². The molecule has 1 atom stereocenters. The third-order valence-corrected chi connectivity index (χ3v) is 5.87. The van der Waals surface area contributed by atoms with Gasteiger partial charge in [0.1, 0.15) is 21.9 Å². The van der Waals surface area contributed by atoms with Gasteiger partial charge in [0.15, 0.2) is 5.96 Å². The number of nitrogens with one attached hydrogen (secondary N) is 2. The Morgan fingerprint density at radius 2 is 1.96 bits per heavy atom. The second kappa shape index (κ2) is 9.67. The van der Waals surface area contributed by atoms with Gasteiger partial charge in [-0.15, -0.1) is 11.3 Å². The molecular weight excluding hydrogens is 391 g/mol. The molecule has 0 radical (unpaired) electrons. The smallest absolute Gasteiger partial charge is 0.247 e. The zero-order chi connectivity index (χ0) is 19.9. The zero-order valence-corrected chi connectivity index (χ0v) is 16.7. The first-order chi connectivity index (χ1) is 12.8. The predicted molar refractivity (Wildman–Crippen MR) is 105 cm³/mol. The van der Waals surface area contributed by atoms with Gasteiger partial charge in [-0.05, 0) is 50.2 Å². The number of benzene rings is 1. The molecule has 0 aliphatic rings. The maximum absolute atomic E-state index is 12.9. The van der Waals surface area contributed by atoms with Gasteiger partial charge in [-0.1, -0.05) is 0 Å². The first kappa shape index (κ1) is 21.1. The number of hydrogen-bond acceptors (Lipinski definition) is 5. The summed E-state index contributed by atoms with van der Waals surface area (Å²) in [5.41, 5.74) is 0. The van der Waals surface area contributed by atoms with Crippen LogP contribution >= 0.6 is 11.3 Å². The highest BCUT2D eigenvalue weighted by atomic mass is 32.2. The number of nitrogens with two attached hydrogens (primary N) is 1. The SMILES string of the molecule is CCNC(=NCc1ccc(S(N)(=O)=O)s1)NCC(C)Oc1ccc(F)cc1. The molecule has 0 fully saturated rings. The van der Waals surface area contributed by atoms with Crippen molar-refractivity contribution in [3.63, 3.8) is 0 Å². The van der Waals surface area contributed by atoms with Crippen LogP contribution in [-0.4, -0.2) is 33.6 Å². The van der Waals surface area contributed by atoms with Crippen LogP contribution in [0.1, 0.15) is 18.7 Å². The number of guanidine groups is 1. The summed E-state index contributed by atoms with van der Waals surface area (Å²) >= 11 is 1.10. The number of nitrogens with zero attached hydrogens (tertiary/aromatic N) is 1. The van der Waals surface area contributed by atoms with Gasteiger partial charge in [0.2, 0.25) is 10.0 Å². The van der Waals surface area contributed by atoms with Crippen molar-refractivity contribution in [2.45, 2.75) is 30.7 Å². The lowest BCUT2D eigenvalue weighted by atomic mass is 10.3. The molecule has 1 unspecified atom stereocenters. The maximum atomic E-state index is 12.9. The fraction of sp³-hybridized carbons (Fsp3) is 0.353. The molecule has 10 heteroatoms. The van der Waals surface area contributed by atoms with Gasteiger partial charge in [0.25, 0.3) is 0 Å². The van der Waals surface area contributed by atoms with Crippen LogP contribution < -0.4 is 20.5 Å². The third-order valence-electron chi connectivity index (χ3n) is 3.36. The van der Waals surface area contributed by atoms with E-state index in [4.69, 9.17) is 9.88 Å². The minimum Gasteiger partial charge on any atom is -0.489 e. The molecule has 1 heterocycles. The number of aliphatic imine (C=N–C) groups is 1. The summed E-state index contributed by atoms with van der Waals surface area (Å²) in [7, 11) is -3.69. The molecule has 0 aliphatic carbocycles. The Balaban J connectivity index is 1.90. The van der Waals surface area contributed by atoms with Crippen molar-refractivity contribution in [2.75, 3.05) is 13.1 Å². The molecule has 0 saturated carbocycles. The molecule has 0 aliphatic heterocycles. The molecule has 2 rings (SSSR count). The molecule has 27 heavy (non-hydrogen) atoms. The maximum Gasteiger partial charge on any atom is 0.247 e. The van der Waals surface area contributed by atoms with Crippen LogP contribution in [0.4, 0.5) is 4.39 Å². The Kier molecular flexibility index (Phi) is 7.57. The molecule has 7 nitrogen and oxygen atoms in total. The average molecular weight is 415 g/mol. The van der Waals surface area contributed by atoms with Crippen LogP contribution in [0.15, 0.2) is 45.6 Å². The highest BCUT2D eigenvalue weighted by Crippen LogP contribution is 2.20. The summed E-state index contributed by atoms with van der Waals surface area (Å²) in [5.74, 6) is 0.855. The standard InChI is InChI=1S/C17H23FN4O3S2/c1-3-20-17(22-11-15-8-9-16(26-15)27(19,23)24)21-10-12(2)25-14-6-4-13(18)5-7-14/h4-9,12H,3,10-11H2,1-2H3,(H2,19,23,24)(H2,20,21,22). The number of sulfonamides is 1. The molecular formula is C17H23FN4O3S2. The molecule has 0 bridgehead atoms. The first-order valence-corrected chi connectivity index (χ1v) is 10.7. The minimum absolute atomic E-state index is 0.118. The fourth-order valence-corrected chi connectivity index (χ4v) is 3.83. The summed E-state index contributed by atoms with van der Waals surface area (Å²) in [6, 6.07) is 9.01. The topological polar surface area (TPSA) is 106 Å². The summed E-state index contributed by atoms with van der Waals surface area (Å²) < 4.78 is 41.4. The van der Waals surface area contributed by atoms with E-state index in [1.807, 2.05) is 13.8 Å². The van der Waals surface area contributed by atoms with E-state index in [2.05, 4.69) is 15.6 Å². The van der Waals surface area contributed by atoms with Crippen molar-refractivity contribution in [2.24, 2.45) is 10.1 Å². The van der Waals surface area contributed by atoms with Crippen LogP contribution in [0.25, 0.3) is 0 Å². The predicted octanol–water partition coefficient (Wildman–Crippen LogP) is 2.06. The quantitative estimate of drug-likeness (QED) is 0.453. The molecule has 148 valence electrons. The molecule has 0 saturated heterocycles. The normalized spacial score (nSPS) is 13.3. The van der Waals surface area contributed by atoms with E-state index in [-0.39, 0.29) is 16.1 Å². The number of hydrogen-bond donors (Lipinski definition) is 3. The van der Waals surface area contributed by atoms with Crippen molar-refractivity contribution in [3.8, 4) is 5.75 Å². The second-order valence-corrected chi connectivity index (χ2v) is 8.68. The average Bonchev–Trinajstić information content (AvgIpc) is 3.09. The highest BCUT2D eigenvalue weighted by molar-refractivity contribution is 7.91. The Morgan fingerprint density at radius 1 is 1.26 bits per heavy atom. The van der Waals surface area contributed by atoms with Crippen LogP contribution in [0.3, 0.4) is 0 Å². The van der Waals surface area contributed by atoms with Gasteiger partial charge < -0.3 is 15.4 Å². The lowest BCUT2D eigenvalue weighted by Crippen LogP contribution is -2.41. The van der Waals surface area contributed by atoms with E-state index >= 15 is 0 Å². The second-order valence-electron chi connectivity index (χ2n) is 5.72. The summed E-state index contributed by atoms with van der Waals surface area (Å²) in [6.07, 6.45) is -0.171. The van der Waals surface area contributed by atoms with Crippen LogP contribution in [0.5, 0.6) is 5.75 Å². The number of thiophene rings is 1. The Morgan fingerprint density at radius 3 is 2.56 bits per heavy atom. The Labute approximate surface area is 162 Å². The zero-order valence-electron chi connectivity index (χ0n) is 15.1. The van der Waals surface area contributed by atoms with Crippen molar-refractivity contribution < 1.29 is 17.5 Å². The fourth-order valence-electron chi connectivity index (χ4n) is 2.12. The van der Waals surface area contributed by atoms with Gasteiger partial charge in [-0.3, -0.25) is 0 Å². The van der Waals surface area contributed by atoms with Gasteiger partial charge in [0.05, 0.1) is 13.1 Å². The molecule has 0 spiro atoms. The lowest BCUT2D eigenvalue weighted by Gasteiger charge is -2.17. The number of ether oxygens (including phenoxy) is 1. The van der Waals surface area contributed by atoms with E-state index in [9.17, 15) is 12.8 Å². The summed E-state index contributed by atoms with van der Waals surface area (Å²) in [6.45, 7) is 5.31. The number of primary sulfonamides is 1. The first-order valence-electron chi connectivity index (χ1n) is 8.34. The molecule has 4 N–H and O–H groups in total. The third kappa shape index (κ3) is 7.16. The van der Waals surface area contributed by atoms with Gasteiger partial charge >= 0.3 is 0 Å². The Hall–Kier alpha value is -2.17. The van der Waals surface area contributed by atoms with Crippen molar-refractivity contribution >= 4 is 27.3 Å². The summed E-state index contributed by atoms with van der Waals surface area (Å²) in [4.78, 5) is 5.22. The molecule has 1 aromatic carbocycles. The molecule has 1 aromatic heterocycles. The molecule has 2 aromatic rings. The van der Waals surface area contributed by atoms with Crippen LogP contribution in [0, 0.1) is 5.82 Å². The monoisotopic (exact) mass is 414 g/mol. The minimum atomic E-state index is -3.69. The lowest BCUT2D eigenvalue weighted by molar-refractivity contribution is 0.223. The van der Waals surface area contributed by atoms with Crippen molar-refractivity contribution in [3.05, 3.63) is 47.1 Å². The highest BCUT2D eigenvalue weighted by Gasteiger charge is 2.11. The van der Waals surface area contributed by atoms with E-state index < -0.39 is 10.0 Å². The van der Waals surface area contributed by atoms with E-state index in [0.29, 0.717) is 31.3 Å². The van der Waals surface area contributed by atoms with Crippen LogP contribution in [-0.2, 0) is 16.6 Å². The van der Waals surface area contributed by atoms with E-state index in [0.717, 1.165) is 16.2 Å². The Bertz CT molecular complexity index is 867. The van der Waals surface area contributed by atoms with E-state index in [1.165, 1.54) is 18.2 Å². The largest absolute Gasteiger partial charge is 0.489 e. The van der Waals surface area contributed by atoms with Gasteiger partial charge in [-0.2, -0.15) is 0 Å². The van der Waals surface area contributed by atoms with Crippen molar-refractivity contribution in [1.29, 1.82) is 0 Å².